The van der Waals surface area contributed by atoms with Gasteiger partial charge in [0.15, 0.2) is 0 Å². The molecule has 2 N–H and O–H groups in total. The van der Waals surface area contributed by atoms with Gasteiger partial charge in [-0.25, -0.2) is 0 Å². The predicted molar refractivity (Wildman–Crippen MR) is 165 cm³/mol. The first-order valence-electron chi connectivity index (χ1n) is 14.4. The van der Waals surface area contributed by atoms with Crippen LogP contribution in [0.25, 0.3) is 10.8 Å². The number of ether oxygens (including phenoxy) is 2. The van der Waals surface area contributed by atoms with Crippen molar-refractivity contribution < 1.29 is 9.47 Å². The van der Waals surface area contributed by atoms with Gasteiger partial charge in [0.2, 0.25) is 0 Å². The Labute approximate surface area is 238 Å². The molecular formula is C33H43N5O2. The van der Waals surface area contributed by atoms with Crippen molar-refractivity contribution in [2.45, 2.75) is 45.1 Å². The third-order valence-corrected chi connectivity index (χ3v) is 7.81. The summed E-state index contributed by atoms with van der Waals surface area (Å²) < 4.78 is 14.4. The van der Waals surface area contributed by atoms with Crippen LogP contribution in [0.5, 0.6) is 5.75 Å². The van der Waals surface area contributed by atoms with Gasteiger partial charge in [-0.15, -0.1) is 0 Å². The summed E-state index contributed by atoms with van der Waals surface area (Å²) in [5, 5.41) is 13.9. The van der Waals surface area contributed by atoms with Crippen molar-refractivity contribution in [1.82, 2.24) is 14.7 Å². The van der Waals surface area contributed by atoms with Gasteiger partial charge in [-0.3, -0.25) is 9.58 Å². The van der Waals surface area contributed by atoms with Crippen LogP contribution in [0.2, 0.25) is 0 Å². The molecule has 1 fully saturated rings. The maximum atomic E-state index is 6.34. The lowest BCUT2D eigenvalue weighted by Gasteiger charge is -2.36. The van der Waals surface area contributed by atoms with E-state index >= 15 is 0 Å². The second kappa shape index (κ2) is 12.3. The van der Waals surface area contributed by atoms with E-state index in [0.29, 0.717) is 19.2 Å². The van der Waals surface area contributed by atoms with Gasteiger partial charge in [-0.2, -0.15) is 5.10 Å². The zero-order valence-electron chi connectivity index (χ0n) is 24.5. The number of nitrogens with one attached hydrogen (secondary N) is 2. The number of fused-ring (bicyclic) bond motifs is 1. The molecule has 0 aliphatic carbocycles. The highest BCUT2D eigenvalue weighted by molar-refractivity contribution is 5.98. The fourth-order valence-electron chi connectivity index (χ4n) is 5.27. The Hall–Kier alpha value is -3.55. The molecule has 1 aliphatic heterocycles. The Morgan fingerprint density at radius 1 is 1.00 bits per heavy atom. The number of nitrogens with zero attached hydrogens (tertiary/aromatic N) is 3. The Balaban J connectivity index is 1.17. The van der Waals surface area contributed by atoms with E-state index in [9.17, 15) is 0 Å². The van der Waals surface area contributed by atoms with E-state index in [1.165, 1.54) is 5.56 Å². The Morgan fingerprint density at radius 2 is 1.75 bits per heavy atom. The minimum Gasteiger partial charge on any atom is -0.492 e. The first-order valence-corrected chi connectivity index (χ1v) is 14.4. The van der Waals surface area contributed by atoms with E-state index in [2.05, 4.69) is 121 Å². The third-order valence-electron chi connectivity index (χ3n) is 7.81. The van der Waals surface area contributed by atoms with Crippen molar-refractivity contribution in [2.24, 2.45) is 7.05 Å². The highest BCUT2D eigenvalue weighted by Crippen LogP contribution is 2.32. The van der Waals surface area contributed by atoms with Gasteiger partial charge in [0, 0.05) is 60.5 Å². The average Bonchev–Trinajstić information content (AvgIpc) is 3.35. The molecule has 0 spiro atoms. The Kier molecular flexibility index (Phi) is 8.62. The number of aromatic nitrogens is 2. The average molecular weight is 542 g/mol. The van der Waals surface area contributed by atoms with Gasteiger partial charge < -0.3 is 20.1 Å². The molecule has 2 unspecified atom stereocenters. The van der Waals surface area contributed by atoms with Gasteiger partial charge in [-0.05, 0) is 17.7 Å². The van der Waals surface area contributed by atoms with E-state index < -0.39 is 0 Å². The van der Waals surface area contributed by atoms with Crippen LogP contribution in [0.15, 0.2) is 72.8 Å². The fraction of sp³-hybridized carbons (Fsp3) is 0.424. The number of aryl methyl sites for hydroxylation is 1. The summed E-state index contributed by atoms with van der Waals surface area (Å²) in [6, 6.07) is 25.4. The zero-order chi connectivity index (χ0) is 28.1. The minimum atomic E-state index is 0.0151. The van der Waals surface area contributed by atoms with Crippen LogP contribution < -0.4 is 15.4 Å². The third kappa shape index (κ3) is 6.60. The lowest BCUT2D eigenvalue weighted by atomic mass is 9.92. The van der Waals surface area contributed by atoms with Crippen LogP contribution in [-0.2, 0) is 17.2 Å². The topological polar surface area (TPSA) is 63.6 Å². The molecule has 3 aromatic carbocycles. The predicted octanol–water partition coefficient (Wildman–Crippen LogP) is 6.24. The zero-order valence-corrected chi connectivity index (χ0v) is 24.5. The summed E-state index contributed by atoms with van der Waals surface area (Å²) in [5.41, 5.74) is 3.49. The summed E-state index contributed by atoms with van der Waals surface area (Å²) in [6.07, 6.45) is 0.197. The first-order chi connectivity index (χ1) is 19.3. The summed E-state index contributed by atoms with van der Waals surface area (Å²) in [7, 11) is 1.97. The molecule has 2 atom stereocenters. The van der Waals surface area contributed by atoms with E-state index in [0.717, 1.165) is 60.0 Å². The van der Waals surface area contributed by atoms with Crippen LogP contribution in [0.4, 0.5) is 11.5 Å². The number of hydrogen-bond acceptors (Lipinski definition) is 6. The normalized spacial score (nSPS) is 17.1. The SMILES string of the molecule is CC(c1ccccc1)C1CN(CCOc2ccc(NCNc3cc(C(C)(C)C)nn3C)c3ccccc23)CCO1. The first kappa shape index (κ1) is 28.0. The molecule has 2 heterocycles. The van der Waals surface area contributed by atoms with Crippen LogP contribution in [0.1, 0.15) is 44.9 Å². The summed E-state index contributed by atoms with van der Waals surface area (Å²) in [6.45, 7) is 13.5. The summed E-state index contributed by atoms with van der Waals surface area (Å²) in [5.74, 6) is 2.27. The standard InChI is InChI=1S/C33H43N5O2/c1-24(25-11-7-6-8-12-25)30-22-38(18-20-40-30)17-19-39-29-16-15-28(26-13-9-10-14-27(26)29)34-23-35-32-21-31(33(2,3)4)36-37(32)5/h6-16,21,24,30,34-35H,17-20,22-23H2,1-5H3. The van der Waals surface area contributed by atoms with Crippen LogP contribution in [0.3, 0.4) is 0 Å². The van der Waals surface area contributed by atoms with Crippen molar-refractivity contribution >= 4 is 22.3 Å². The van der Waals surface area contributed by atoms with Crippen molar-refractivity contribution in [3.8, 4) is 5.75 Å². The molecular weight excluding hydrogens is 498 g/mol. The molecule has 7 nitrogen and oxygen atoms in total. The molecule has 1 aliphatic rings. The molecule has 5 rings (SSSR count). The number of rotatable bonds is 10. The van der Waals surface area contributed by atoms with E-state index in [-0.39, 0.29) is 11.5 Å². The monoisotopic (exact) mass is 541 g/mol. The number of morpholine rings is 1. The van der Waals surface area contributed by atoms with Crippen LogP contribution in [-0.4, -0.2) is 60.3 Å². The van der Waals surface area contributed by atoms with Gasteiger partial charge >= 0.3 is 0 Å². The number of anilines is 2. The maximum absolute atomic E-state index is 6.34. The van der Waals surface area contributed by atoms with Crippen molar-refractivity contribution in [2.75, 3.05) is 50.2 Å². The molecule has 40 heavy (non-hydrogen) atoms. The largest absolute Gasteiger partial charge is 0.492 e. The second-order valence-electron chi connectivity index (χ2n) is 11.7. The van der Waals surface area contributed by atoms with E-state index in [4.69, 9.17) is 9.47 Å². The number of hydrogen-bond donors (Lipinski definition) is 2. The highest BCUT2D eigenvalue weighted by Gasteiger charge is 2.26. The smallest absolute Gasteiger partial charge is 0.127 e. The fourth-order valence-corrected chi connectivity index (χ4v) is 5.27. The van der Waals surface area contributed by atoms with Crippen molar-refractivity contribution in [3.63, 3.8) is 0 Å². The molecule has 0 bridgehead atoms. The molecule has 0 radical (unpaired) electrons. The molecule has 1 saturated heterocycles. The van der Waals surface area contributed by atoms with Crippen molar-refractivity contribution in [1.29, 1.82) is 0 Å². The summed E-state index contributed by atoms with van der Waals surface area (Å²) >= 11 is 0. The molecule has 0 amide bonds. The van der Waals surface area contributed by atoms with Crippen molar-refractivity contribution in [3.05, 3.63) is 84.1 Å². The maximum Gasteiger partial charge on any atom is 0.127 e. The van der Waals surface area contributed by atoms with Gasteiger partial charge in [-0.1, -0.05) is 82.3 Å². The van der Waals surface area contributed by atoms with Gasteiger partial charge in [0.1, 0.15) is 18.2 Å². The molecule has 0 saturated carbocycles. The lowest BCUT2D eigenvalue weighted by Crippen LogP contribution is -2.45. The number of benzene rings is 3. The molecule has 1 aromatic heterocycles. The highest BCUT2D eigenvalue weighted by atomic mass is 16.5. The lowest BCUT2D eigenvalue weighted by molar-refractivity contribution is -0.0416. The Bertz CT molecular complexity index is 1400. The second-order valence-corrected chi connectivity index (χ2v) is 11.7. The Morgan fingerprint density at radius 3 is 2.50 bits per heavy atom. The minimum absolute atomic E-state index is 0.0151. The summed E-state index contributed by atoms with van der Waals surface area (Å²) in [4.78, 5) is 2.46. The van der Waals surface area contributed by atoms with Crippen LogP contribution in [0, 0.1) is 0 Å². The van der Waals surface area contributed by atoms with Gasteiger partial charge in [0.25, 0.3) is 0 Å². The molecule has 4 aromatic rings. The molecule has 7 heteroatoms. The van der Waals surface area contributed by atoms with Gasteiger partial charge in [0.05, 0.1) is 25.1 Å². The van der Waals surface area contributed by atoms with E-state index in [1.54, 1.807) is 0 Å². The quantitative estimate of drug-likeness (QED) is 0.232. The molecule has 212 valence electrons. The van der Waals surface area contributed by atoms with E-state index in [1.807, 2.05) is 11.7 Å². The van der Waals surface area contributed by atoms with Crippen LogP contribution >= 0.6 is 0 Å².